The summed E-state index contributed by atoms with van der Waals surface area (Å²) < 4.78 is 11.7. The van der Waals surface area contributed by atoms with Crippen LogP contribution in [-0.2, 0) is 4.74 Å². The predicted molar refractivity (Wildman–Crippen MR) is 95.4 cm³/mol. The number of allylic oxidation sites excluding steroid dienone is 1. The Morgan fingerprint density at radius 3 is 2.32 bits per heavy atom. The van der Waals surface area contributed by atoms with Gasteiger partial charge in [0.25, 0.3) is 0 Å². The maximum absolute atomic E-state index is 5.89. The molecule has 0 atom stereocenters. The summed E-state index contributed by atoms with van der Waals surface area (Å²) in [5.74, 6) is 0.904. The van der Waals surface area contributed by atoms with Crippen molar-refractivity contribution in [2.45, 2.75) is 53.4 Å². The van der Waals surface area contributed by atoms with Gasteiger partial charge in [0.2, 0.25) is 0 Å². The van der Waals surface area contributed by atoms with E-state index in [1.165, 1.54) is 19.3 Å². The van der Waals surface area contributed by atoms with Crippen LogP contribution in [0.5, 0.6) is 5.75 Å². The summed E-state index contributed by atoms with van der Waals surface area (Å²) >= 11 is 0. The molecule has 0 amide bonds. The lowest BCUT2D eigenvalue weighted by atomic mass is 9.96. The predicted octanol–water partition coefficient (Wildman–Crippen LogP) is 5.72. The Kier molecular flexibility index (Phi) is 8.26. The second-order valence-corrected chi connectivity index (χ2v) is 6.87. The number of benzene rings is 1. The molecule has 22 heavy (non-hydrogen) atoms. The zero-order chi connectivity index (χ0) is 16.4. The number of hydrogen-bond acceptors (Lipinski definition) is 2. The SMILES string of the molecule is C=C(C)c1ccc(OCC(C)(C)COCCCCCC)cc1. The van der Waals surface area contributed by atoms with Crippen molar-refractivity contribution >= 4 is 5.57 Å². The first-order valence-corrected chi connectivity index (χ1v) is 8.41. The first-order valence-electron chi connectivity index (χ1n) is 8.41. The quantitative estimate of drug-likeness (QED) is 0.487. The molecule has 0 aliphatic carbocycles. The van der Waals surface area contributed by atoms with Crippen LogP contribution < -0.4 is 4.74 Å². The van der Waals surface area contributed by atoms with Crippen LogP contribution in [0.1, 0.15) is 58.9 Å². The lowest BCUT2D eigenvalue weighted by Gasteiger charge is -2.24. The maximum Gasteiger partial charge on any atom is 0.119 e. The third kappa shape index (κ3) is 7.65. The Labute approximate surface area is 136 Å². The van der Waals surface area contributed by atoms with Gasteiger partial charge in [-0.15, -0.1) is 0 Å². The van der Waals surface area contributed by atoms with Crippen LogP contribution in [0.3, 0.4) is 0 Å². The standard InChI is InChI=1S/C20H32O2/c1-6-7-8-9-14-21-15-20(4,5)16-22-19-12-10-18(11-13-19)17(2)3/h10-13H,2,6-9,14-16H2,1,3-5H3. The van der Waals surface area contributed by atoms with Crippen molar-refractivity contribution in [3.63, 3.8) is 0 Å². The molecule has 0 aliphatic heterocycles. The molecule has 0 spiro atoms. The molecule has 0 saturated carbocycles. The van der Waals surface area contributed by atoms with Gasteiger partial charge in [-0.2, -0.15) is 0 Å². The molecular formula is C20H32O2. The molecule has 0 bridgehead atoms. The molecule has 0 N–H and O–H groups in total. The zero-order valence-electron chi connectivity index (χ0n) is 14.8. The number of rotatable bonds is 11. The van der Waals surface area contributed by atoms with E-state index in [0.29, 0.717) is 6.61 Å². The fourth-order valence-corrected chi connectivity index (χ4v) is 2.14. The van der Waals surface area contributed by atoms with Crippen molar-refractivity contribution in [3.05, 3.63) is 36.4 Å². The maximum atomic E-state index is 5.89. The summed E-state index contributed by atoms with van der Waals surface area (Å²) in [7, 11) is 0. The summed E-state index contributed by atoms with van der Waals surface area (Å²) in [6.45, 7) is 14.8. The fourth-order valence-electron chi connectivity index (χ4n) is 2.14. The summed E-state index contributed by atoms with van der Waals surface area (Å²) in [4.78, 5) is 0. The molecule has 1 rings (SSSR count). The molecule has 1 aromatic carbocycles. The minimum atomic E-state index is 0.0256. The monoisotopic (exact) mass is 304 g/mol. The van der Waals surface area contributed by atoms with Crippen LogP contribution in [0.15, 0.2) is 30.8 Å². The highest BCUT2D eigenvalue weighted by Crippen LogP contribution is 2.21. The molecule has 0 aliphatic rings. The van der Waals surface area contributed by atoms with Gasteiger partial charge in [0.05, 0.1) is 13.2 Å². The van der Waals surface area contributed by atoms with Gasteiger partial charge in [-0.25, -0.2) is 0 Å². The molecule has 2 heteroatoms. The third-order valence-electron chi connectivity index (χ3n) is 3.61. The lowest BCUT2D eigenvalue weighted by molar-refractivity contribution is 0.0330. The second-order valence-electron chi connectivity index (χ2n) is 6.87. The average Bonchev–Trinajstić information content (AvgIpc) is 2.49. The second kappa shape index (κ2) is 9.68. The number of ether oxygens (including phenoxy) is 2. The minimum Gasteiger partial charge on any atom is -0.493 e. The van der Waals surface area contributed by atoms with Crippen LogP contribution in [0.2, 0.25) is 0 Å². The summed E-state index contributed by atoms with van der Waals surface area (Å²) in [5, 5.41) is 0. The van der Waals surface area contributed by atoms with E-state index in [2.05, 4.69) is 39.5 Å². The van der Waals surface area contributed by atoms with Gasteiger partial charge in [-0.05, 0) is 31.0 Å². The Morgan fingerprint density at radius 2 is 1.73 bits per heavy atom. The molecule has 0 unspecified atom stereocenters. The van der Waals surface area contributed by atoms with Crippen molar-refractivity contribution < 1.29 is 9.47 Å². The fraction of sp³-hybridized carbons (Fsp3) is 0.600. The first kappa shape index (κ1) is 18.8. The van der Waals surface area contributed by atoms with Crippen molar-refractivity contribution in [1.82, 2.24) is 0 Å². The van der Waals surface area contributed by atoms with Crippen LogP contribution in [0.25, 0.3) is 5.57 Å². The Hall–Kier alpha value is -1.28. The van der Waals surface area contributed by atoms with E-state index >= 15 is 0 Å². The summed E-state index contributed by atoms with van der Waals surface area (Å²) in [5.41, 5.74) is 2.25. The third-order valence-corrected chi connectivity index (χ3v) is 3.61. The molecule has 2 nitrogen and oxygen atoms in total. The van der Waals surface area contributed by atoms with Gasteiger partial charge >= 0.3 is 0 Å². The number of unbranched alkanes of at least 4 members (excludes halogenated alkanes) is 3. The van der Waals surface area contributed by atoms with Gasteiger partial charge in [-0.1, -0.05) is 64.3 Å². The smallest absolute Gasteiger partial charge is 0.119 e. The largest absolute Gasteiger partial charge is 0.493 e. The van der Waals surface area contributed by atoms with Crippen molar-refractivity contribution in [2.24, 2.45) is 5.41 Å². The van der Waals surface area contributed by atoms with Crippen molar-refractivity contribution in [1.29, 1.82) is 0 Å². The van der Waals surface area contributed by atoms with E-state index in [1.54, 1.807) is 0 Å². The van der Waals surface area contributed by atoms with Gasteiger partial charge in [-0.3, -0.25) is 0 Å². The van der Waals surface area contributed by atoms with E-state index in [0.717, 1.165) is 36.5 Å². The van der Waals surface area contributed by atoms with Crippen LogP contribution in [0.4, 0.5) is 0 Å². The summed E-state index contributed by atoms with van der Waals surface area (Å²) in [6.07, 6.45) is 5.00. The van der Waals surface area contributed by atoms with E-state index in [-0.39, 0.29) is 5.41 Å². The van der Waals surface area contributed by atoms with Crippen LogP contribution >= 0.6 is 0 Å². The first-order chi connectivity index (χ1) is 10.4. The molecule has 124 valence electrons. The van der Waals surface area contributed by atoms with E-state index in [4.69, 9.17) is 9.47 Å². The van der Waals surface area contributed by atoms with E-state index < -0.39 is 0 Å². The molecular weight excluding hydrogens is 272 g/mol. The van der Waals surface area contributed by atoms with Gasteiger partial charge in [0, 0.05) is 12.0 Å². The Morgan fingerprint density at radius 1 is 1.05 bits per heavy atom. The molecule has 0 aromatic heterocycles. The van der Waals surface area contributed by atoms with Crippen molar-refractivity contribution in [2.75, 3.05) is 19.8 Å². The average molecular weight is 304 g/mol. The van der Waals surface area contributed by atoms with Crippen LogP contribution in [0, 0.1) is 5.41 Å². The number of hydrogen-bond donors (Lipinski definition) is 0. The van der Waals surface area contributed by atoms with Crippen LogP contribution in [-0.4, -0.2) is 19.8 Å². The Balaban J connectivity index is 2.27. The lowest BCUT2D eigenvalue weighted by Crippen LogP contribution is -2.27. The molecule has 0 saturated heterocycles. The highest BCUT2D eigenvalue weighted by Gasteiger charge is 2.19. The van der Waals surface area contributed by atoms with E-state index in [9.17, 15) is 0 Å². The molecule has 0 radical (unpaired) electrons. The molecule has 0 fully saturated rings. The van der Waals surface area contributed by atoms with Gasteiger partial charge < -0.3 is 9.47 Å². The topological polar surface area (TPSA) is 18.5 Å². The van der Waals surface area contributed by atoms with Crippen molar-refractivity contribution in [3.8, 4) is 5.75 Å². The molecule has 0 heterocycles. The Bertz CT molecular complexity index is 432. The molecule has 1 aromatic rings. The van der Waals surface area contributed by atoms with E-state index in [1.807, 2.05) is 19.1 Å². The minimum absolute atomic E-state index is 0.0256. The van der Waals surface area contributed by atoms with Gasteiger partial charge in [0.1, 0.15) is 5.75 Å². The normalized spacial score (nSPS) is 11.5. The zero-order valence-corrected chi connectivity index (χ0v) is 14.8. The summed E-state index contributed by atoms with van der Waals surface area (Å²) in [6, 6.07) is 8.11. The highest BCUT2D eigenvalue weighted by atomic mass is 16.5. The van der Waals surface area contributed by atoms with Gasteiger partial charge in [0.15, 0.2) is 0 Å². The highest BCUT2D eigenvalue weighted by molar-refractivity contribution is 5.61.